The topological polar surface area (TPSA) is 29.1 Å². The predicted molar refractivity (Wildman–Crippen MR) is 62.7 cm³/mol. The number of hydrogen-bond donors (Lipinski definition) is 1. The predicted octanol–water partition coefficient (Wildman–Crippen LogP) is 2.27. The van der Waals surface area contributed by atoms with Crippen molar-refractivity contribution in [3.8, 4) is 0 Å². The maximum atomic E-state index is 11.1. The molecule has 0 atom stereocenters. The van der Waals surface area contributed by atoms with Gasteiger partial charge in [-0.25, -0.2) is 0 Å². The van der Waals surface area contributed by atoms with Crippen LogP contribution in [0.15, 0.2) is 43.0 Å². The summed E-state index contributed by atoms with van der Waals surface area (Å²) < 4.78 is 0. The largest absolute Gasteiger partial charge is 0.352 e. The summed E-state index contributed by atoms with van der Waals surface area (Å²) >= 11 is 0. The van der Waals surface area contributed by atoms with Crippen molar-refractivity contribution in [3.63, 3.8) is 0 Å². The van der Waals surface area contributed by atoms with Crippen LogP contribution in [0.1, 0.15) is 19.4 Å². The molecule has 0 heterocycles. The zero-order valence-electron chi connectivity index (χ0n) is 9.29. The zero-order valence-corrected chi connectivity index (χ0v) is 9.29. The first kappa shape index (κ1) is 11.5. The van der Waals surface area contributed by atoms with Crippen molar-refractivity contribution in [3.05, 3.63) is 48.6 Å². The molecule has 0 saturated carbocycles. The summed E-state index contributed by atoms with van der Waals surface area (Å²) in [6.07, 6.45) is 1.29. The first-order valence-corrected chi connectivity index (χ1v) is 5.02. The zero-order chi connectivity index (χ0) is 11.3. The molecule has 0 saturated heterocycles. The molecule has 1 aromatic rings. The van der Waals surface area contributed by atoms with Gasteiger partial charge in [-0.15, -0.1) is 0 Å². The molecule has 2 heteroatoms. The summed E-state index contributed by atoms with van der Waals surface area (Å²) in [6.45, 7) is 8.24. The first-order chi connectivity index (χ1) is 7.06. The highest BCUT2D eigenvalue weighted by Crippen LogP contribution is 2.21. The molecule has 0 aliphatic heterocycles. The second kappa shape index (κ2) is 4.78. The van der Waals surface area contributed by atoms with E-state index in [2.05, 4.69) is 37.9 Å². The Morgan fingerprint density at radius 2 is 2.00 bits per heavy atom. The van der Waals surface area contributed by atoms with Gasteiger partial charge in [-0.3, -0.25) is 4.79 Å². The van der Waals surface area contributed by atoms with Crippen LogP contribution in [0.3, 0.4) is 0 Å². The molecule has 1 aromatic carbocycles. The molecule has 0 spiro atoms. The van der Waals surface area contributed by atoms with Crippen LogP contribution in [-0.2, 0) is 10.2 Å². The van der Waals surface area contributed by atoms with Crippen LogP contribution in [0.4, 0.5) is 0 Å². The Morgan fingerprint density at radius 1 is 1.40 bits per heavy atom. The summed E-state index contributed by atoms with van der Waals surface area (Å²) in [5.41, 5.74) is 1.16. The Balaban J connectivity index is 2.67. The van der Waals surface area contributed by atoms with Gasteiger partial charge in [0.25, 0.3) is 0 Å². The molecular formula is C13H17NO. The number of carbonyl (C=O) groups is 1. The van der Waals surface area contributed by atoms with Gasteiger partial charge in [0.2, 0.25) is 5.91 Å². The van der Waals surface area contributed by atoms with E-state index in [4.69, 9.17) is 0 Å². The van der Waals surface area contributed by atoms with E-state index in [1.165, 1.54) is 11.6 Å². The van der Waals surface area contributed by atoms with E-state index in [9.17, 15) is 4.79 Å². The summed E-state index contributed by atoms with van der Waals surface area (Å²) in [7, 11) is 0. The Morgan fingerprint density at radius 3 is 2.53 bits per heavy atom. The van der Waals surface area contributed by atoms with Crippen LogP contribution < -0.4 is 5.32 Å². The van der Waals surface area contributed by atoms with Gasteiger partial charge in [0.1, 0.15) is 0 Å². The first-order valence-electron chi connectivity index (χ1n) is 5.02. The number of carbonyl (C=O) groups excluding carboxylic acids is 1. The van der Waals surface area contributed by atoms with Crippen LogP contribution >= 0.6 is 0 Å². The van der Waals surface area contributed by atoms with Crippen LogP contribution in [0, 0.1) is 0 Å². The fraction of sp³-hybridized carbons (Fsp3) is 0.308. The summed E-state index contributed by atoms with van der Waals surface area (Å²) in [5.74, 6) is -0.126. The quantitative estimate of drug-likeness (QED) is 0.747. The number of rotatable bonds is 4. The Bertz CT molecular complexity index is 341. The minimum Gasteiger partial charge on any atom is -0.352 e. The van der Waals surface area contributed by atoms with E-state index in [0.29, 0.717) is 6.54 Å². The van der Waals surface area contributed by atoms with E-state index in [-0.39, 0.29) is 11.3 Å². The lowest BCUT2D eigenvalue weighted by atomic mass is 9.84. The third kappa shape index (κ3) is 3.24. The van der Waals surface area contributed by atoms with Crippen LogP contribution in [0.2, 0.25) is 0 Å². The van der Waals surface area contributed by atoms with Gasteiger partial charge in [-0.1, -0.05) is 50.8 Å². The fourth-order valence-corrected chi connectivity index (χ4v) is 1.37. The Kier molecular flexibility index (Phi) is 3.67. The monoisotopic (exact) mass is 203 g/mol. The summed E-state index contributed by atoms with van der Waals surface area (Å²) in [6, 6.07) is 10.1. The van der Waals surface area contributed by atoms with Crippen molar-refractivity contribution in [1.82, 2.24) is 5.32 Å². The van der Waals surface area contributed by atoms with E-state index < -0.39 is 0 Å². The van der Waals surface area contributed by atoms with Crippen molar-refractivity contribution in [2.24, 2.45) is 0 Å². The fourth-order valence-electron chi connectivity index (χ4n) is 1.37. The molecule has 0 aliphatic rings. The van der Waals surface area contributed by atoms with E-state index in [1.807, 2.05) is 18.2 Å². The molecule has 0 bridgehead atoms. The molecular weight excluding hydrogens is 186 g/mol. The van der Waals surface area contributed by atoms with Crippen LogP contribution in [0.25, 0.3) is 0 Å². The number of nitrogens with one attached hydrogen (secondary N) is 1. The third-order valence-electron chi connectivity index (χ3n) is 2.45. The summed E-state index contributed by atoms with van der Waals surface area (Å²) in [4.78, 5) is 11.1. The molecule has 0 aliphatic carbocycles. The van der Waals surface area contributed by atoms with E-state index >= 15 is 0 Å². The minimum atomic E-state index is -0.126. The normalized spacial score (nSPS) is 10.8. The number of amides is 1. The van der Waals surface area contributed by atoms with Crippen molar-refractivity contribution in [1.29, 1.82) is 0 Å². The number of benzene rings is 1. The van der Waals surface area contributed by atoms with E-state index in [0.717, 1.165) is 0 Å². The molecule has 80 valence electrons. The molecule has 1 rings (SSSR count). The van der Waals surface area contributed by atoms with Gasteiger partial charge >= 0.3 is 0 Å². The van der Waals surface area contributed by atoms with Gasteiger partial charge in [0.05, 0.1) is 0 Å². The van der Waals surface area contributed by atoms with Crippen molar-refractivity contribution in [2.45, 2.75) is 19.3 Å². The SMILES string of the molecule is C=CC(=O)NCC(C)(C)c1ccccc1. The minimum absolute atomic E-state index is 0.0556. The molecule has 1 amide bonds. The lowest BCUT2D eigenvalue weighted by molar-refractivity contribution is -0.116. The van der Waals surface area contributed by atoms with Gasteiger partial charge in [0, 0.05) is 12.0 Å². The summed E-state index contributed by atoms with van der Waals surface area (Å²) in [5, 5.41) is 2.81. The molecule has 0 aromatic heterocycles. The second-order valence-electron chi connectivity index (χ2n) is 4.17. The molecule has 15 heavy (non-hydrogen) atoms. The Hall–Kier alpha value is -1.57. The van der Waals surface area contributed by atoms with Gasteiger partial charge < -0.3 is 5.32 Å². The van der Waals surface area contributed by atoms with Crippen LogP contribution in [0.5, 0.6) is 0 Å². The van der Waals surface area contributed by atoms with Crippen LogP contribution in [-0.4, -0.2) is 12.5 Å². The molecule has 0 radical (unpaired) electrons. The third-order valence-corrected chi connectivity index (χ3v) is 2.45. The Labute approximate surface area is 91.0 Å². The highest BCUT2D eigenvalue weighted by Gasteiger charge is 2.20. The van der Waals surface area contributed by atoms with Gasteiger partial charge in [-0.05, 0) is 11.6 Å². The number of hydrogen-bond acceptors (Lipinski definition) is 1. The lowest BCUT2D eigenvalue weighted by Gasteiger charge is -2.25. The second-order valence-corrected chi connectivity index (χ2v) is 4.17. The molecule has 0 unspecified atom stereocenters. The smallest absolute Gasteiger partial charge is 0.243 e. The average Bonchev–Trinajstić information content (AvgIpc) is 2.27. The highest BCUT2D eigenvalue weighted by atomic mass is 16.1. The lowest BCUT2D eigenvalue weighted by Crippen LogP contribution is -2.35. The van der Waals surface area contributed by atoms with Gasteiger partial charge in [-0.2, -0.15) is 0 Å². The van der Waals surface area contributed by atoms with E-state index in [1.54, 1.807) is 0 Å². The van der Waals surface area contributed by atoms with Crippen molar-refractivity contribution in [2.75, 3.05) is 6.54 Å². The maximum absolute atomic E-state index is 11.1. The van der Waals surface area contributed by atoms with Gasteiger partial charge in [0.15, 0.2) is 0 Å². The van der Waals surface area contributed by atoms with Crippen molar-refractivity contribution >= 4 is 5.91 Å². The van der Waals surface area contributed by atoms with Crippen molar-refractivity contribution < 1.29 is 4.79 Å². The standard InChI is InChI=1S/C13H17NO/c1-4-12(15)14-10-13(2,3)11-8-6-5-7-9-11/h4-9H,1,10H2,2-3H3,(H,14,15). The maximum Gasteiger partial charge on any atom is 0.243 e. The average molecular weight is 203 g/mol. The molecule has 1 N–H and O–H groups in total. The highest BCUT2D eigenvalue weighted by molar-refractivity contribution is 5.86. The molecule has 0 fully saturated rings. The molecule has 2 nitrogen and oxygen atoms in total.